The van der Waals surface area contributed by atoms with Gasteiger partial charge < -0.3 is 14.8 Å². The highest BCUT2D eigenvalue weighted by Crippen LogP contribution is 2.41. The summed E-state index contributed by atoms with van der Waals surface area (Å²) < 4.78 is 27.1. The van der Waals surface area contributed by atoms with Crippen molar-refractivity contribution >= 4 is 29.0 Å². The highest BCUT2D eigenvalue weighted by Gasteiger charge is 2.40. The molecule has 7 rings (SSSR count). The Morgan fingerprint density at radius 2 is 1.19 bits per heavy atom. The molecule has 6 aromatic carbocycles. The molecule has 7 heteroatoms. The Morgan fingerprint density at radius 3 is 1.71 bits per heavy atom. The minimum absolute atomic E-state index is 0.312. The molecule has 5 nitrogen and oxygen atoms in total. The summed E-state index contributed by atoms with van der Waals surface area (Å²) in [6.45, 7) is 2.01. The van der Waals surface area contributed by atoms with Crippen LogP contribution in [0.3, 0.4) is 0 Å². The number of aliphatic imine (C=N–C) groups is 2. The molecular formula is C45H40FN3O2S. The molecule has 0 aliphatic carbocycles. The Hall–Kier alpha value is -5.66. The number of hydrogen-bond donors (Lipinski definition) is 1. The summed E-state index contributed by atoms with van der Waals surface area (Å²) in [6, 6.07) is 51.8. The lowest BCUT2D eigenvalue weighted by atomic mass is 9.76. The van der Waals surface area contributed by atoms with Gasteiger partial charge in [-0.2, -0.15) is 11.8 Å². The lowest BCUT2D eigenvalue weighted by Crippen LogP contribution is -2.50. The summed E-state index contributed by atoms with van der Waals surface area (Å²) in [7, 11) is 3.33. The van der Waals surface area contributed by atoms with Gasteiger partial charge in [-0.05, 0) is 66.1 Å². The first-order chi connectivity index (χ1) is 25.4. The van der Waals surface area contributed by atoms with E-state index in [1.165, 1.54) is 6.07 Å². The van der Waals surface area contributed by atoms with Gasteiger partial charge in [0.05, 0.1) is 36.9 Å². The van der Waals surface area contributed by atoms with Gasteiger partial charge in [0.1, 0.15) is 28.7 Å². The maximum Gasteiger partial charge on any atom is 0.129 e. The minimum Gasteiger partial charge on any atom is -0.497 e. The van der Waals surface area contributed by atoms with Crippen LogP contribution < -0.4 is 14.8 Å². The van der Waals surface area contributed by atoms with Gasteiger partial charge >= 0.3 is 0 Å². The van der Waals surface area contributed by atoms with Crippen LogP contribution >= 0.6 is 11.8 Å². The van der Waals surface area contributed by atoms with Crippen LogP contribution in [0.5, 0.6) is 11.5 Å². The molecule has 0 unspecified atom stereocenters. The third-order valence-electron chi connectivity index (χ3n) is 9.45. The van der Waals surface area contributed by atoms with Crippen LogP contribution in [0, 0.1) is 5.82 Å². The van der Waals surface area contributed by atoms with Gasteiger partial charge in [-0.3, -0.25) is 4.99 Å². The van der Waals surface area contributed by atoms with Crippen molar-refractivity contribution in [3.8, 4) is 11.5 Å². The number of rotatable bonds is 10. The number of thioether (sulfide) groups is 1. The lowest BCUT2D eigenvalue weighted by Gasteiger charge is -2.40. The van der Waals surface area contributed by atoms with E-state index in [0.717, 1.165) is 50.9 Å². The maximum atomic E-state index is 16.0. The number of ether oxygens (including phenoxy) is 2. The fourth-order valence-corrected chi connectivity index (χ4v) is 7.88. The van der Waals surface area contributed by atoms with E-state index in [2.05, 4.69) is 41.7 Å². The molecule has 1 aliphatic rings. The third kappa shape index (κ3) is 7.10. The summed E-state index contributed by atoms with van der Waals surface area (Å²) >= 11 is 1.73. The fourth-order valence-electron chi connectivity index (χ4n) is 6.83. The quantitative estimate of drug-likeness (QED) is 0.114. The molecule has 0 fully saturated rings. The number of amidine groups is 1. The smallest absolute Gasteiger partial charge is 0.129 e. The topological polar surface area (TPSA) is 55.2 Å². The van der Waals surface area contributed by atoms with Crippen molar-refractivity contribution < 1.29 is 13.9 Å². The molecule has 52 heavy (non-hydrogen) atoms. The molecule has 0 aromatic heterocycles. The summed E-state index contributed by atoms with van der Waals surface area (Å²) in [5.74, 6) is 3.21. The molecule has 0 amide bonds. The van der Waals surface area contributed by atoms with Crippen molar-refractivity contribution in [2.75, 3.05) is 25.7 Å². The summed E-state index contributed by atoms with van der Waals surface area (Å²) in [6.07, 6.45) is 0. The number of methoxy groups -OCH3 is 2. The van der Waals surface area contributed by atoms with Crippen LogP contribution in [-0.4, -0.2) is 37.3 Å². The van der Waals surface area contributed by atoms with Gasteiger partial charge in [-0.25, -0.2) is 9.38 Å². The van der Waals surface area contributed by atoms with E-state index in [0.29, 0.717) is 22.8 Å². The van der Waals surface area contributed by atoms with E-state index in [9.17, 15) is 0 Å². The second-order valence-electron chi connectivity index (χ2n) is 12.9. The second-order valence-corrected chi connectivity index (χ2v) is 13.9. The first kappa shape index (κ1) is 34.8. The molecule has 1 atom stereocenters. The number of hydrogen-bond acceptors (Lipinski definition) is 6. The average Bonchev–Trinajstić information content (AvgIpc) is 3.20. The van der Waals surface area contributed by atoms with Crippen molar-refractivity contribution in [2.24, 2.45) is 9.98 Å². The predicted octanol–water partition coefficient (Wildman–Crippen LogP) is 9.95. The SMILES string of the molecule is COc1ccc(C(NC2=N[C@](C)(c3cc(N=C(c4ccccc4)c4ccccc4)ccc3F)CSC2)(c2ccccc2)c2ccc(OC)cc2)cc1. The van der Waals surface area contributed by atoms with Crippen molar-refractivity contribution in [2.45, 2.75) is 18.0 Å². The zero-order valence-corrected chi connectivity index (χ0v) is 30.2. The van der Waals surface area contributed by atoms with Crippen LogP contribution in [0.4, 0.5) is 10.1 Å². The predicted molar refractivity (Wildman–Crippen MR) is 212 cm³/mol. The molecule has 0 radical (unpaired) electrons. The van der Waals surface area contributed by atoms with Crippen LogP contribution in [0.15, 0.2) is 168 Å². The number of nitrogens with zero attached hydrogens (tertiary/aromatic N) is 2. The average molecular weight is 706 g/mol. The molecule has 1 N–H and O–H groups in total. The minimum atomic E-state index is -0.872. The normalized spacial score (nSPS) is 15.7. The van der Waals surface area contributed by atoms with Gasteiger partial charge in [0.25, 0.3) is 0 Å². The highest BCUT2D eigenvalue weighted by atomic mass is 32.2. The van der Waals surface area contributed by atoms with Gasteiger partial charge in [-0.1, -0.05) is 115 Å². The highest BCUT2D eigenvalue weighted by molar-refractivity contribution is 8.00. The molecule has 0 bridgehead atoms. The van der Waals surface area contributed by atoms with Crippen LogP contribution in [0.25, 0.3) is 0 Å². The monoisotopic (exact) mass is 705 g/mol. The van der Waals surface area contributed by atoms with Crippen molar-refractivity contribution in [1.29, 1.82) is 0 Å². The van der Waals surface area contributed by atoms with Gasteiger partial charge in [0.15, 0.2) is 0 Å². The van der Waals surface area contributed by atoms with E-state index in [4.69, 9.17) is 19.5 Å². The largest absolute Gasteiger partial charge is 0.497 e. The third-order valence-corrected chi connectivity index (χ3v) is 10.7. The lowest BCUT2D eigenvalue weighted by molar-refractivity contribution is 0.413. The Morgan fingerprint density at radius 1 is 0.692 bits per heavy atom. The zero-order valence-electron chi connectivity index (χ0n) is 29.4. The summed E-state index contributed by atoms with van der Waals surface area (Å²) in [4.78, 5) is 10.5. The maximum absolute atomic E-state index is 16.0. The van der Waals surface area contributed by atoms with E-state index in [-0.39, 0.29) is 5.82 Å². The standard InChI is InChI=1S/C45H40FN3O2S/c1-44(40-29-37(23-28-41(40)46)47-43(32-13-7-4-8-14-32)33-15-9-5-10-16-33)31-52-30-42(48-44)49-45(34-17-11-6-12-18-34,35-19-24-38(50-2)25-20-35)36-21-26-39(51-3)27-22-36/h4-29H,30-31H2,1-3H3,(H,48,49)/t44-/m0/s1. The number of halogens is 1. The van der Waals surface area contributed by atoms with Crippen LogP contribution in [0.1, 0.15) is 40.3 Å². The Labute approximate surface area is 309 Å². The summed E-state index contributed by atoms with van der Waals surface area (Å²) in [5.41, 5.74) is 5.27. The zero-order chi connectivity index (χ0) is 36.0. The first-order valence-corrected chi connectivity index (χ1v) is 18.4. The number of nitrogens with one attached hydrogen (secondary N) is 1. The molecule has 1 aliphatic heterocycles. The second kappa shape index (κ2) is 15.3. The van der Waals surface area contributed by atoms with Crippen molar-refractivity contribution in [3.63, 3.8) is 0 Å². The Balaban J connectivity index is 1.34. The van der Waals surface area contributed by atoms with E-state index < -0.39 is 11.1 Å². The van der Waals surface area contributed by atoms with Gasteiger partial charge in [-0.15, -0.1) is 0 Å². The fraction of sp³-hybridized carbons (Fsp3) is 0.156. The molecule has 260 valence electrons. The Kier molecular flexibility index (Phi) is 10.2. The molecule has 0 spiro atoms. The van der Waals surface area contributed by atoms with Crippen LogP contribution in [0.2, 0.25) is 0 Å². The van der Waals surface area contributed by atoms with E-state index in [1.807, 2.05) is 116 Å². The molecule has 0 saturated heterocycles. The van der Waals surface area contributed by atoms with Gasteiger partial charge in [0, 0.05) is 22.4 Å². The summed E-state index contributed by atoms with van der Waals surface area (Å²) in [5, 5.41) is 3.93. The first-order valence-electron chi connectivity index (χ1n) is 17.2. The van der Waals surface area contributed by atoms with E-state index >= 15 is 4.39 Å². The van der Waals surface area contributed by atoms with Crippen molar-refractivity contribution in [3.05, 3.63) is 197 Å². The van der Waals surface area contributed by atoms with Crippen LogP contribution in [-0.2, 0) is 11.1 Å². The van der Waals surface area contributed by atoms with Crippen molar-refractivity contribution in [1.82, 2.24) is 5.32 Å². The van der Waals surface area contributed by atoms with E-state index in [1.54, 1.807) is 32.0 Å². The molecule has 1 heterocycles. The molecule has 0 saturated carbocycles. The molecule has 6 aromatic rings. The Bertz CT molecular complexity index is 2090. The van der Waals surface area contributed by atoms with Gasteiger partial charge in [0.2, 0.25) is 0 Å². The molecular weight excluding hydrogens is 666 g/mol. The number of benzene rings is 6.